The van der Waals surface area contributed by atoms with E-state index in [1.165, 1.54) is 19.1 Å². The number of aromatic nitrogens is 2. The van der Waals surface area contributed by atoms with Crippen molar-refractivity contribution in [3.8, 4) is 0 Å². The fraction of sp³-hybridized carbons (Fsp3) is 0.467. The molecule has 2 heterocycles. The predicted octanol–water partition coefficient (Wildman–Crippen LogP) is 1.62. The average molecular weight is 289 g/mol. The van der Waals surface area contributed by atoms with Crippen molar-refractivity contribution in [2.24, 2.45) is 0 Å². The number of hydrogen-bond donors (Lipinski definition) is 2. The number of imidazole rings is 1. The molecule has 0 aliphatic heterocycles. The van der Waals surface area contributed by atoms with Crippen LogP contribution >= 0.6 is 0 Å². The molecule has 1 atom stereocenters. The Morgan fingerprint density at radius 2 is 2.33 bits per heavy atom. The molecule has 2 N–H and O–H groups in total. The molecule has 0 saturated heterocycles. The molecule has 0 radical (unpaired) electrons. The van der Waals surface area contributed by atoms with Gasteiger partial charge >= 0.3 is 0 Å². The normalized spacial score (nSPS) is 17.0. The number of rotatable bonds is 5. The van der Waals surface area contributed by atoms with Gasteiger partial charge in [-0.25, -0.2) is 4.98 Å². The van der Waals surface area contributed by atoms with Crippen molar-refractivity contribution in [2.45, 2.75) is 44.4 Å². The largest absolute Gasteiger partial charge is 0.466 e. The van der Waals surface area contributed by atoms with Crippen molar-refractivity contribution in [3.05, 3.63) is 42.4 Å². The molecular weight excluding hydrogens is 270 g/mol. The highest BCUT2D eigenvalue weighted by molar-refractivity contribution is 5.76. The van der Waals surface area contributed by atoms with Crippen LogP contribution in [0.25, 0.3) is 0 Å². The van der Waals surface area contributed by atoms with Crippen LogP contribution in [0.4, 0.5) is 0 Å². The molecule has 3 rings (SSSR count). The van der Waals surface area contributed by atoms with E-state index in [1.54, 1.807) is 29.1 Å². The van der Waals surface area contributed by atoms with E-state index in [0.717, 1.165) is 12.8 Å². The third-order valence-electron chi connectivity index (χ3n) is 3.84. The minimum Gasteiger partial charge on any atom is -0.466 e. The monoisotopic (exact) mass is 289 g/mol. The minimum atomic E-state index is -0.964. The lowest BCUT2D eigenvalue weighted by molar-refractivity contribution is -0.122. The quantitative estimate of drug-likeness (QED) is 0.876. The van der Waals surface area contributed by atoms with Crippen LogP contribution in [0, 0.1) is 0 Å². The SMILES string of the molecule is O=C(Cn1ccnc1[C@@H](O)c1ccco1)NC1CCCC1. The van der Waals surface area contributed by atoms with Gasteiger partial charge in [-0.15, -0.1) is 0 Å². The van der Waals surface area contributed by atoms with Crippen molar-refractivity contribution in [3.63, 3.8) is 0 Å². The molecule has 1 fully saturated rings. The first-order valence-electron chi connectivity index (χ1n) is 7.26. The maximum atomic E-state index is 12.1. The average Bonchev–Trinajstić information content (AvgIpc) is 3.20. The number of furan rings is 1. The molecule has 112 valence electrons. The Morgan fingerprint density at radius 3 is 3.05 bits per heavy atom. The van der Waals surface area contributed by atoms with E-state index in [2.05, 4.69) is 10.3 Å². The molecule has 0 unspecified atom stereocenters. The van der Waals surface area contributed by atoms with Gasteiger partial charge in [0.1, 0.15) is 18.1 Å². The minimum absolute atomic E-state index is 0.0483. The van der Waals surface area contributed by atoms with Crippen LogP contribution in [-0.2, 0) is 11.3 Å². The van der Waals surface area contributed by atoms with E-state index < -0.39 is 6.10 Å². The summed E-state index contributed by atoms with van der Waals surface area (Å²) in [5.41, 5.74) is 0. The van der Waals surface area contributed by atoms with Crippen molar-refractivity contribution in [2.75, 3.05) is 0 Å². The standard InChI is InChI=1S/C15H19N3O3/c19-13(17-11-4-1-2-5-11)10-18-8-7-16-15(18)14(20)12-6-3-9-21-12/h3,6-9,11,14,20H,1-2,4-5,10H2,(H,17,19)/t14-/m0/s1. The third kappa shape index (κ3) is 3.16. The van der Waals surface area contributed by atoms with Gasteiger partial charge in [-0.05, 0) is 25.0 Å². The molecule has 0 bridgehead atoms. The Hall–Kier alpha value is -2.08. The summed E-state index contributed by atoms with van der Waals surface area (Å²) in [6.45, 7) is 0.156. The van der Waals surface area contributed by atoms with Crippen LogP contribution < -0.4 is 5.32 Å². The first-order chi connectivity index (χ1) is 10.2. The van der Waals surface area contributed by atoms with Crippen LogP contribution in [0.1, 0.15) is 43.4 Å². The molecule has 6 heteroatoms. The molecule has 0 aromatic carbocycles. The highest BCUT2D eigenvalue weighted by Gasteiger charge is 2.21. The summed E-state index contributed by atoms with van der Waals surface area (Å²) >= 11 is 0. The molecule has 1 aliphatic rings. The summed E-state index contributed by atoms with van der Waals surface area (Å²) < 4.78 is 6.83. The van der Waals surface area contributed by atoms with E-state index in [4.69, 9.17) is 4.42 Å². The Bertz CT molecular complexity index is 585. The van der Waals surface area contributed by atoms with Crippen molar-refractivity contribution in [1.82, 2.24) is 14.9 Å². The maximum absolute atomic E-state index is 12.1. The van der Waals surface area contributed by atoms with Crippen LogP contribution in [0.2, 0.25) is 0 Å². The Balaban J connectivity index is 1.66. The molecule has 0 spiro atoms. The Kier molecular flexibility index (Phi) is 4.06. The second-order valence-electron chi connectivity index (χ2n) is 5.38. The van der Waals surface area contributed by atoms with Gasteiger partial charge in [-0.3, -0.25) is 4.79 Å². The van der Waals surface area contributed by atoms with Crippen molar-refractivity contribution >= 4 is 5.91 Å². The number of nitrogens with one attached hydrogen (secondary N) is 1. The van der Waals surface area contributed by atoms with Crippen LogP contribution in [0.3, 0.4) is 0 Å². The smallest absolute Gasteiger partial charge is 0.240 e. The van der Waals surface area contributed by atoms with E-state index in [-0.39, 0.29) is 12.5 Å². The second kappa shape index (κ2) is 6.13. The number of hydrogen-bond acceptors (Lipinski definition) is 4. The van der Waals surface area contributed by atoms with Gasteiger partial charge in [0, 0.05) is 18.4 Å². The lowest BCUT2D eigenvalue weighted by Crippen LogP contribution is -2.35. The van der Waals surface area contributed by atoms with Crippen LogP contribution in [0.5, 0.6) is 0 Å². The second-order valence-corrected chi connectivity index (χ2v) is 5.38. The number of aliphatic hydroxyl groups is 1. The number of amides is 1. The van der Waals surface area contributed by atoms with E-state index in [1.807, 2.05) is 0 Å². The molecule has 1 amide bonds. The highest BCUT2D eigenvalue weighted by atomic mass is 16.4. The van der Waals surface area contributed by atoms with Crippen molar-refractivity contribution in [1.29, 1.82) is 0 Å². The fourth-order valence-electron chi connectivity index (χ4n) is 2.77. The lowest BCUT2D eigenvalue weighted by atomic mass is 10.2. The molecule has 21 heavy (non-hydrogen) atoms. The highest BCUT2D eigenvalue weighted by Crippen LogP contribution is 2.21. The maximum Gasteiger partial charge on any atom is 0.240 e. The van der Waals surface area contributed by atoms with Gasteiger partial charge in [0.25, 0.3) is 0 Å². The van der Waals surface area contributed by atoms with E-state index in [0.29, 0.717) is 17.6 Å². The zero-order valence-corrected chi connectivity index (χ0v) is 11.7. The summed E-state index contributed by atoms with van der Waals surface area (Å²) in [7, 11) is 0. The molecule has 2 aromatic heterocycles. The molecule has 2 aromatic rings. The van der Waals surface area contributed by atoms with E-state index in [9.17, 15) is 9.90 Å². The topological polar surface area (TPSA) is 80.3 Å². The van der Waals surface area contributed by atoms with Gasteiger partial charge in [0.2, 0.25) is 5.91 Å². The number of carbonyl (C=O) groups is 1. The Labute approximate surface area is 122 Å². The number of nitrogens with zero attached hydrogens (tertiary/aromatic N) is 2. The summed E-state index contributed by atoms with van der Waals surface area (Å²) in [5, 5.41) is 13.3. The van der Waals surface area contributed by atoms with Crippen LogP contribution in [-0.4, -0.2) is 26.6 Å². The third-order valence-corrected chi connectivity index (χ3v) is 3.84. The van der Waals surface area contributed by atoms with E-state index >= 15 is 0 Å². The fourth-order valence-corrected chi connectivity index (χ4v) is 2.77. The number of aliphatic hydroxyl groups excluding tert-OH is 1. The van der Waals surface area contributed by atoms with Gasteiger partial charge in [-0.2, -0.15) is 0 Å². The summed E-state index contributed by atoms with van der Waals surface area (Å²) in [4.78, 5) is 16.2. The summed E-state index contributed by atoms with van der Waals surface area (Å²) in [5.74, 6) is 0.776. The molecule has 6 nitrogen and oxygen atoms in total. The Morgan fingerprint density at radius 1 is 1.52 bits per heavy atom. The van der Waals surface area contributed by atoms with Gasteiger partial charge in [0.15, 0.2) is 6.10 Å². The summed E-state index contributed by atoms with van der Waals surface area (Å²) in [6.07, 6.45) is 8.26. The molecular formula is C15H19N3O3. The first-order valence-corrected chi connectivity index (χ1v) is 7.26. The molecule has 1 saturated carbocycles. The van der Waals surface area contributed by atoms with Gasteiger partial charge in [-0.1, -0.05) is 12.8 Å². The zero-order valence-electron chi connectivity index (χ0n) is 11.7. The van der Waals surface area contributed by atoms with Crippen molar-refractivity contribution < 1.29 is 14.3 Å². The van der Waals surface area contributed by atoms with Gasteiger partial charge in [0.05, 0.1) is 6.26 Å². The van der Waals surface area contributed by atoms with Gasteiger partial charge < -0.3 is 19.4 Å². The molecule has 1 aliphatic carbocycles. The zero-order chi connectivity index (χ0) is 14.7. The summed E-state index contributed by atoms with van der Waals surface area (Å²) in [6, 6.07) is 3.68. The predicted molar refractivity (Wildman–Crippen MR) is 75.4 cm³/mol. The lowest BCUT2D eigenvalue weighted by Gasteiger charge is -2.14. The number of carbonyl (C=O) groups excluding carboxylic acids is 1. The first kappa shape index (κ1) is 13.9. The van der Waals surface area contributed by atoms with Crippen LogP contribution in [0.15, 0.2) is 35.2 Å².